The van der Waals surface area contributed by atoms with Gasteiger partial charge in [0.2, 0.25) is 0 Å². The summed E-state index contributed by atoms with van der Waals surface area (Å²) >= 11 is 6.14. The van der Waals surface area contributed by atoms with Crippen LogP contribution in [-0.4, -0.2) is 17.8 Å². The van der Waals surface area contributed by atoms with E-state index in [1.165, 1.54) is 12.1 Å². The van der Waals surface area contributed by atoms with E-state index in [1.807, 2.05) is 49.4 Å². The smallest absolute Gasteiger partial charge is 0.273 e. The number of rotatable bonds is 2. The normalized spacial score (nSPS) is 16.0. The number of anilines is 1. The van der Waals surface area contributed by atoms with Crippen LogP contribution < -0.4 is 10.2 Å². The highest BCUT2D eigenvalue weighted by Crippen LogP contribution is 2.27. The van der Waals surface area contributed by atoms with Gasteiger partial charge in [0.05, 0.1) is 5.69 Å². The maximum atomic E-state index is 13.0. The van der Waals surface area contributed by atoms with Crippen LogP contribution in [0.3, 0.4) is 0 Å². The van der Waals surface area contributed by atoms with E-state index in [0.717, 1.165) is 21.2 Å². The summed E-state index contributed by atoms with van der Waals surface area (Å²) in [5.74, 6) is -1.42. The number of carbonyl (C=O) groups is 3. The number of nitrogens with zero attached hydrogens (tertiary/aromatic N) is 1. The molecule has 0 unspecified atom stereocenters. The Morgan fingerprint density at radius 3 is 2.50 bits per heavy atom. The lowest BCUT2D eigenvalue weighted by Gasteiger charge is -2.26. The summed E-state index contributed by atoms with van der Waals surface area (Å²) in [6.45, 7) is 1.82. The molecule has 4 rings (SSSR count). The zero-order valence-electron chi connectivity index (χ0n) is 14.9. The van der Waals surface area contributed by atoms with Crippen molar-refractivity contribution >= 4 is 52.0 Å². The quantitative estimate of drug-likeness (QED) is 0.518. The van der Waals surface area contributed by atoms with E-state index in [-0.39, 0.29) is 5.57 Å². The summed E-state index contributed by atoms with van der Waals surface area (Å²) in [6.07, 6.45) is 1.51. The molecule has 138 valence electrons. The number of fused-ring (bicyclic) bond motifs is 1. The van der Waals surface area contributed by atoms with Gasteiger partial charge < -0.3 is 0 Å². The van der Waals surface area contributed by atoms with Gasteiger partial charge in [-0.3, -0.25) is 14.9 Å². The van der Waals surface area contributed by atoms with Gasteiger partial charge in [-0.2, -0.15) is 0 Å². The molecule has 4 amide bonds. The van der Waals surface area contributed by atoms with Crippen LogP contribution in [0, 0.1) is 6.92 Å². The van der Waals surface area contributed by atoms with E-state index in [1.54, 1.807) is 12.1 Å². The monoisotopic (exact) mass is 390 g/mol. The Kier molecular flexibility index (Phi) is 4.45. The molecule has 0 aromatic heterocycles. The van der Waals surface area contributed by atoms with Crippen LogP contribution in [-0.2, 0) is 9.59 Å². The number of benzene rings is 3. The molecule has 0 bridgehead atoms. The molecule has 28 heavy (non-hydrogen) atoms. The fourth-order valence-electron chi connectivity index (χ4n) is 3.14. The molecular weight excluding hydrogens is 376 g/mol. The van der Waals surface area contributed by atoms with Crippen molar-refractivity contribution in [1.29, 1.82) is 0 Å². The predicted octanol–water partition coefficient (Wildman–Crippen LogP) is 4.47. The van der Waals surface area contributed by atoms with Crippen molar-refractivity contribution in [3.8, 4) is 0 Å². The first-order valence-corrected chi connectivity index (χ1v) is 8.99. The van der Waals surface area contributed by atoms with Gasteiger partial charge in [0.25, 0.3) is 11.8 Å². The first-order valence-electron chi connectivity index (χ1n) is 8.61. The summed E-state index contributed by atoms with van der Waals surface area (Å²) in [5, 5.41) is 4.54. The lowest BCUT2D eigenvalue weighted by atomic mass is 10.0. The number of barbiturate groups is 1. The number of imide groups is 2. The Hall–Kier alpha value is -3.44. The number of carbonyl (C=O) groups excluding carboxylic acids is 3. The number of urea groups is 1. The summed E-state index contributed by atoms with van der Waals surface area (Å²) in [5.41, 5.74) is 1.72. The molecule has 0 atom stereocenters. The van der Waals surface area contributed by atoms with E-state index < -0.39 is 17.8 Å². The third-order valence-electron chi connectivity index (χ3n) is 4.64. The van der Waals surface area contributed by atoms with Crippen LogP contribution in [0.4, 0.5) is 10.5 Å². The van der Waals surface area contributed by atoms with E-state index in [9.17, 15) is 14.4 Å². The van der Waals surface area contributed by atoms with Gasteiger partial charge in [0.1, 0.15) is 5.57 Å². The Morgan fingerprint density at radius 2 is 1.71 bits per heavy atom. The SMILES string of the molecule is Cc1ccc(N2C(=O)NC(=O)/C(=C\c3cccc4ccccc34)C2=O)cc1Cl. The van der Waals surface area contributed by atoms with Gasteiger partial charge >= 0.3 is 6.03 Å². The number of amides is 4. The summed E-state index contributed by atoms with van der Waals surface area (Å²) < 4.78 is 0. The van der Waals surface area contributed by atoms with Gasteiger partial charge in [-0.05, 0) is 47.0 Å². The second-order valence-electron chi connectivity index (χ2n) is 6.46. The first kappa shape index (κ1) is 17.9. The Morgan fingerprint density at radius 1 is 0.964 bits per heavy atom. The molecule has 3 aromatic carbocycles. The van der Waals surface area contributed by atoms with Crippen LogP contribution in [0.25, 0.3) is 16.8 Å². The van der Waals surface area contributed by atoms with Crippen LogP contribution in [0.15, 0.2) is 66.2 Å². The van der Waals surface area contributed by atoms with E-state index >= 15 is 0 Å². The lowest BCUT2D eigenvalue weighted by molar-refractivity contribution is -0.122. The molecule has 0 saturated carbocycles. The minimum absolute atomic E-state index is 0.118. The van der Waals surface area contributed by atoms with Crippen molar-refractivity contribution in [1.82, 2.24) is 5.32 Å². The van der Waals surface area contributed by atoms with Gasteiger partial charge in [-0.25, -0.2) is 9.69 Å². The van der Waals surface area contributed by atoms with Crippen molar-refractivity contribution in [3.05, 3.63) is 82.4 Å². The summed E-state index contributed by atoms with van der Waals surface area (Å²) in [4.78, 5) is 38.6. The Labute approximate surface area is 166 Å². The molecule has 5 nitrogen and oxygen atoms in total. The molecule has 6 heteroatoms. The maximum absolute atomic E-state index is 13.0. The zero-order valence-corrected chi connectivity index (χ0v) is 15.7. The molecular formula is C22H15ClN2O3. The van der Waals surface area contributed by atoms with Crippen molar-refractivity contribution in [2.45, 2.75) is 6.92 Å². The van der Waals surface area contributed by atoms with Crippen molar-refractivity contribution in [2.75, 3.05) is 4.90 Å². The predicted molar refractivity (Wildman–Crippen MR) is 109 cm³/mol. The molecule has 0 radical (unpaired) electrons. The van der Waals surface area contributed by atoms with Crippen LogP contribution in [0.1, 0.15) is 11.1 Å². The molecule has 3 aromatic rings. The highest BCUT2D eigenvalue weighted by molar-refractivity contribution is 6.39. The van der Waals surface area contributed by atoms with Gasteiger partial charge in [0.15, 0.2) is 0 Å². The Balaban J connectivity index is 1.81. The maximum Gasteiger partial charge on any atom is 0.335 e. The number of aryl methyl sites for hydroxylation is 1. The second kappa shape index (κ2) is 6.94. The molecule has 1 fully saturated rings. The zero-order chi connectivity index (χ0) is 19.8. The molecule has 0 aliphatic carbocycles. The minimum Gasteiger partial charge on any atom is -0.273 e. The molecule has 1 aliphatic heterocycles. The number of hydrogen-bond donors (Lipinski definition) is 1. The van der Waals surface area contributed by atoms with Crippen LogP contribution >= 0.6 is 11.6 Å². The standard InChI is InChI=1S/C22H15ClN2O3/c1-13-9-10-16(12-19(13)23)25-21(27)18(20(26)24-22(25)28)11-15-7-4-6-14-5-2-3-8-17(14)15/h2-12H,1H3,(H,24,26,28)/b18-11+. The highest BCUT2D eigenvalue weighted by Gasteiger charge is 2.37. The van der Waals surface area contributed by atoms with E-state index in [0.29, 0.717) is 16.3 Å². The molecule has 1 saturated heterocycles. The number of hydrogen-bond acceptors (Lipinski definition) is 3. The number of halogens is 1. The van der Waals surface area contributed by atoms with Crippen molar-refractivity contribution in [3.63, 3.8) is 0 Å². The van der Waals surface area contributed by atoms with Gasteiger partial charge in [0, 0.05) is 5.02 Å². The topological polar surface area (TPSA) is 66.5 Å². The van der Waals surface area contributed by atoms with Crippen molar-refractivity contribution < 1.29 is 14.4 Å². The summed E-state index contributed by atoms with van der Waals surface area (Å²) in [6, 6.07) is 17.3. The molecule has 0 spiro atoms. The third kappa shape index (κ3) is 3.06. The molecule has 1 heterocycles. The average Bonchev–Trinajstić information content (AvgIpc) is 2.68. The summed E-state index contributed by atoms with van der Waals surface area (Å²) in [7, 11) is 0. The molecule has 1 aliphatic rings. The third-order valence-corrected chi connectivity index (χ3v) is 5.05. The average molecular weight is 391 g/mol. The second-order valence-corrected chi connectivity index (χ2v) is 6.87. The molecule has 1 N–H and O–H groups in total. The van der Waals surface area contributed by atoms with E-state index in [4.69, 9.17) is 11.6 Å². The Bertz CT molecular complexity index is 1180. The first-order chi connectivity index (χ1) is 13.5. The van der Waals surface area contributed by atoms with Crippen molar-refractivity contribution in [2.24, 2.45) is 0 Å². The van der Waals surface area contributed by atoms with Gasteiger partial charge in [-0.1, -0.05) is 60.1 Å². The van der Waals surface area contributed by atoms with Crippen LogP contribution in [0.2, 0.25) is 5.02 Å². The van der Waals surface area contributed by atoms with Crippen LogP contribution in [0.5, 0.6) is 0 Å². The fourth-order valence-corrected chi connectivity index (χ4v) is 3.32. The largest absolute Gasteiger partial charge is 0.335 e. The minimum atomic E-state index is -0.801. The lowest BCUT2D eigenvalue weighted by Crippen LogP contribution is -2.54. The van der Waals surface area contributed by atoms with Gasteiger partial charge in [-0.15, -0.1) is 0 Å². The fraction of sp³-hybridized carbons (Fsp3) is 0.0455. The van der Waals surface area contributed by atoms with E-state index in [2.05, 4.69) is 5.32 Å². The number of nitrogens with one attached hydrogen (secondary N) is 1. The highest BCUT2D eigenvalue weighted by atomic mass is 35.5.